The van der Waals surface area contributed by atoms with Crippen LogP contribution in [-0.2, 0) is 20.7 Å². The predicted octanol–water partition coefficient (Wildman–Crippen LogP) is 2.72. The Morgan fingerprint density at radius 2 is 2.00 bits per heavy atom. The zero-order valence-electron chi connectivity index (χ0n) is 10.9. The number of para-hydroxylation sites is 1. The van der Waals surface area contributed by atoms with Crippen LogP contribution in [0.15, 0.2) is 24.3 Å². The topological polar surface area (TPSA) is 52.6 Å². The smallest absolute Gasteiger partial charge is 0.305 e. The van der Waals surface area contributed by atoms with Crippen LogP contribution in [0.1, 0.15) is 25.3 Å². The van der Waals surface area contributed by atoms with Crippen molar-refractivity contribution in [2.45, 2.75) is 26.2 Å². The minimum atomic E-state index is -0.428. The molecule has 0 amide bonds. The Bertz CT molecular complexity index is 431. The third kappa shape index (κ3) is 6.25. The summed E-state index contributed by atoms with van der Waals surface area (Å²) in [7, 11) is 0. The summed E-state index contributed by atoms with van der Waals surface area (Å²) in [5, 5.41) is -0.428. The van der Waals surface area contributed by atoms with Gasteiger partial charge in [-0.15, -0.1) is 0 Å². The third-order valence-corrected chi connectivity index (χ3v) is 2.52. The molecule has 0 bridgehead atoms. The molecule has 5 heteroatoms. The summed E-state index contributed by atoms with van der Waals surface area (Å²) in [4.78, 5) is 22.0. The van der Waals surface area contributed by atoms with E-state index in [0.29, 0.717) is 31.8 Å². The molecular formula is C14H17ClO4. The summed E-state index contributed by atoms with van der Waals surface area (Å²) in [5.41, 5.74) is 0.749. The molecule has 0 fully saturated rings. The highest BCUT2D eigenvalue weighted by Gasteiger charge is 2.07. The predicted molar refractivity (Wildman–Crippen MR) is 72.4 cm³/mol. The number of esters is 1. The highest BCUT2D eigenvalue weighted by Crippen LogP contribution is 2.19. The fourth-order valence-electron chi connectivity index (χ4n) is 1.57. The normalized spacial score (nSPS) is 10.0. The van der Waals surface area contributed by atoms with Gasteiger partial charge in [-0.25, -0.2) is 0 Å². The van der Waals surface area contributed by atoms with Gasteiger partial charge in [0.25, 0.3) is 0 Å². The van der Waals surface area contributed by atoms with Crippen molar-refractivity contribution in [1.29, 1.82) is 0 Å². The van der Waals surface area contributed by atoms with Crippen molar-refractivity contribution >= 4 is 22.8 Å². The fraction of sp³-hybridized carbons (Fsp3) is 0.429. The minimum absolute atomic E-state index is 0.135. The van der Waals surface area contributed by atoms with Crippen LogP contribution in [0.3, 0.4) is 0 Å². The second-order valence-electron chi connectivity index (χ2n) is 3.90. The molecule has 0 aromatic heterocycles. The molecule has 0 atom stereocenters. The standard InChI is InChI=1S/C14H17ClO4/c1-2-18-14(17)8-5-9-19-12-7-4-3-6-11(12)10-13(15)16/h3-4,6-7H,2,5,8-10H2,1H3. The van der Waals surface area contributed by atoms with Crippen molar-refractivity contribution in [2.75, 3.05) is 13.2 Å². The van der Waals surface area contributed by atoms with E-state index in [2.05, 4.69) is 0 Å². The lowest BCUT2D eigenvalue weighted by molar-refractivity contribution is -0.143. The maximum absolute atomic E-state index is 11.1. The number of benzene rings is 1. The van der Waals surface area contributed by atoms with Gasteiger partial charge in [-0.3, -0.25) is 9.59 Å². The Morgan fingerprint density at radius 1 is 1.26 bits per heavy atom. The van der Waals surface area contributed by atoms with Crippen LogP contribution in [0.4, 0.5) is 0 Å². The lowest BCUT2D eigenvalue weighted by Crippen LogP contribution is -2.07. The van der Waals surface area contributed by atoms with Gasteiger partial charge in [0, 0.05) is 12.0 Å². The van der Waals surface area contributed by atoms with E-state index in [1.165, 1.54) is 0 Å². The van der Waals surface area contributed by atoms with Gasteiger partial charge in [-0.1, -0.05) is 18.2 Å². The third-order valence-electron chi connectivity index (χ3n) is 2.39. The molecule has 19 heavy (non-hydrogen) atoms. The Kier molecular flexibility index (Phi) is 6.97. The molecule has 1 rings (SSSR count). The average Bonchev–Trinajstić information content (AvgIpc) is 2.36. The van der Waals surface area contributed by atoms with Crippen LogP contribution in [0.25, 0.3) is 0 Å². The fourth-order valence-corrected chi connectivity index (χ4v) is 1.72. The second kappa shape index (κ2) is 8.53. The van der Waals surface area contributed by atoms with Crippen molar-refractivity contribution in [3.05, 3.63) is 29.8 Å². The van der Waals surface area contributed by atoms with Crippen molar-refractivity contribution in [1.82, 2.24) is 0 Å². The number of carbonyl (C=O) groups is 2. The Morgan fingerprint density at radius 3 is 2.68 bits per heavy atom. The molecular weight excluding hydrogens is 268 g/mol. The van der Waals surface area contributed by atoms with Crippen LogP contribution in [0.2, 0.25) is 0 Å². The van der Waals surface area contributed by atoms with Crippen LogP contribution < -0.4 is 4.74 Å². The zero-order valence-corrected chi connectivity index (χ0v) is 11.6. The van der Waals surface area contributed by atoms with Gasteiger partial charge in [-0.05, 0) is 31.0 Å². The molecule has 4 nitrogen and oxygen atoms in total. The van der Waals surface area contributed by atoms with Gasteiger partial charge in [0.15, 0.2) is 0 Å². The van der Waals surface area contributed by atoms with Crippen LogP contribution >= 0.6 is 11.6 Å². The maximum Gasteiger partial charge on any atom is 0.305 e. The van der Waals surface area contributed by atoms with E-state index in [-0.39, 0.29) is 12.4 Å². The number of halogens is 1. The Hall–Kier alpha value is -1.55. The molecule has 0 aliphatic heterocycles. The Labute approximate surface area is 117 Å². The van der Waals surface area contributed by atoms with Crippen LogP contribution in [0, 0.1) is 0 Å². The number of carbonyl (C=O) groups excluding carboxylic acids is 2. The number of hydrogen-bond acceptors (Lipinski definition) is 4. The molecule has 104 valence electrons. The summed E-state index contributed by atoms with van der Waals surface area (Å²) in [5.74, 6) is 0.399. The lowest BCUT2D eigenvalue weighted by Gasteiger charge is -2.10. The monoisotopic (exact) mass is 284 g/mol. The van der Waals surface area contributed by atoms with Crippen LogP contribution in [0.5, 0.6) is 5.75 Å². The van der Waals surface area contributed by atoms with Gasteiger partial charge in [0.2, 0.25) is 5.24 Å². The van der Waals surface area contributed by atoms with Gasteiger partial charge in [-0.2, -0.15) is 0 Å². The first-order valence-corrected chi connectivity index (χ1v) is 6.56. The quantitative estimate of drug-likeness (QED) is 0.418. The Balaban J connectivity index is 2.40. The summed E-state index contributed by atoms with van der Waals surface area (Å²) in [6.45, 7) is 2.56. The van der Waals surface area contributed by atoms with Crippen molar-refractivity contribution in [3.63, 3.8) is 0 Å². The van der Waals surface area contributed by atoms with E-state index < -0.39 is 5.24 Å². The summed E-state index contributed by atoms with van der Waals surface area (Å²) in [6.07, 6.45) is 1.03. The molecule has 1 aromatic rings. The number of ether oxygens (including phenoxy) is 2. The molecule has 0 heterocycles. The van der Waals surface area contributed by atoms with E-state index in [1.54, 1.807) is 19.1 Å². The molecule has 0 saturated carbocycles. The highest BCUT2D eigenvalue weighted by molar-refractivity contribution is 6.63. The van der Waals surface area contributed by atoms with Crippen molar-refractivity contribution in [3.8, 4) is 5.75 Å². The van der Waals surface area contributed by atoms with Crippen molar-refractivity contribution < 1.29 is 19.1 Å². The largest absolute Gasteiger partial charge is 0.493 e. The van der Waals surface area contributed by atoms with E-state index in [9.17, 15) is 9.59 Å². The van der Waals surface area contributed by atoms with E-state index in [1.807, 2.05) is 12.1 Å². The highest BCUT2D eigenvalue weighted by atomic mass is 35.5. The molecule has 0 unspecified atom stereocenters. The molecule has 0 saturated heterocycles. The van der Waals surface area contributed by atoms with E-state index in [0.717, 1.165) is 5.56 Å². The molecule has 1 aromatic carbocycles. The zero-order chi connectivity index (χ0) is 14.1. The molecule has 0 aliphatic rings. The van der Waals surface area contributed by atoms with E-state index in [4.69, 9.17) is 21.1 Å². The average molecular weight is 285 g/mol. The van der Waals surface area contributed by atoms with Crippen LogP contribution in [-0.4, -0.2) is 24.4 Å². The minimum Gasteiger partial charge on any atom is -0.493 e. The molecule has 0 spiro atoms. The van der Waals surface area contributed by atoms with Gasteiger partial charge < -0.3 is 9.47 Å². The first-order chi connectivity index (χ1) is 9.13. The lowest BCUT2D eigenvalue weighted by atomic mass is 10.1. The van der Waals surface area contributed by atoms with E-state index >= 15 is 0 Å². The summed E-state index contributed by atoms with van der Waals surface area (Å²) in [6, 6.07) is 7.21. The number of hydrogen-bond donors (Lipinski definition) is 0. The maximum atomic E-state index is 11.1. The SMILES string of the molecule is CCOC(=O)CCCOc1ccccc1CC(=O)Cl. The molecule has 0 radical (unpaired) electrons. The van der Waals surface area contributed by atoms with Crippen molar-refractivity contribution in [2.24, 2.45) is 0 Å². The first kappa shape index (κ1) is 15.5. The molecule has 0 aliphatic carbocycles. The molecule has 0 N–H and O–H groups in total. The summed E-state index contributed by atoms with van der Waals surface area (Å²) >= 11 is 5.37. The van der Waals surface area contributed by atoms with Gasteiger partial charge in [0.1, 0.15) is 5.75 Å². The number of rotatable bonds is 8. The summed E-state index contributed by atoms with van der Waals surface area (Å²) < 4.78 is 10.4. The second-order valence-corrected chi connectivity index (χ2v) is 4.32. The first-order valence-electron chi connectivity index (χ1n) is 6.18. The van der Waals surface area contributed by atoms with Gasteiger partial charge in [0.05, 0.1) is 19.6 Å². The van der Waals surface area contributed by atoms with Gasteiger partial charge >= 0.3 is 5.97 Å².